The molecule has 1 aromatic heterocycles. The molecule has 0 spiro atoms. The molecular formula is C20H21ClN4OS. The molecule has 0 N–H and O–H groups in total. The van der Waals surface area contributed by atoms with Crippen LogP contribution in [0.3, 0.4) is 0 Å². The zero-order chi connectivity index (χ0) is 19.2. The summed E-state index contributed by atoms with van der Waals surface area (Å²) in [4.78, 5) is 19.4. The van der Waals surface area contributed by atoms with Crippen LogP contribution in [-0.4, -0.2) is 38.4 Å². The summed E-state index contributed by atoms with van der Waals surface area (Å²) >= 11 is 7.55. The standard InChI is InChI=1S/C20H21ClN4OS/c1-15(16-3-7-18(8-4-16)25-14-22-13-23-25)24(2)20(26)11-12-27-19-9-5-17(21)6-10-19/h3-10,13-15H,11-12H2,1-2H3/t15-/m1/s1. The Kier molecular flexibility index (Phi) is 6.53. The predicted molar refractivity (Wildman–Crippen MR) is 109 cm³/mol. The molecule has 0 saturated heterocycles. The van der Waals surface area contributed by atoms with Gasteiger partial charge in [0.25, 0.3) is 0 Å². The first-order chi connectivity index (χ1) is 13.0. The Hall–Kier alpha value is -2.31. The monoisotopic (exact) mass is 400 g/mol. The van der Waals surface area contributed by atoms with Gasteiger partial charge < -0.3 is 4.90 Å². The van der Waals surface area contributed by atoms with Crippen LogP contribution in [0.15, 0.2) is 66.1 Å². The number of hydrogen-bond acceptors (Lipinski definition) is 4. The van der Waals surface area contributed by atoms with E-state index in [1.165, 1.54) is 6.33 Å². The molecule has 0 saturated carbocycles. The van der Waals surface area contributed by atoms with Crippen LogP contribution in [0.1, 0.15) is 24.9 Å². The SMILES string of the molecule is C[C@H](c1ccc(-n2cncn2)cc1)N(C)C(=O)CCSc1ccc(Cl)cc1. The lowest BCUT2D eigenvalue weighted by Gasteiger charge is -2.25. The van der Waals surface area contributed by atoms with Gasteiger partial charge in [0.1, 0.15) is 12.7 Å². The Morgan fingerprint density at radius 3 is 2.52 bits per heavy atom. The van der Waals surface area contributed by atoms with Crippen molar-refractivity contribution in [3.05, 3.63) is 71.8 Å². The molecule has 1 heterocycles. The van der Waals surface area contributed by atoms with Crippen molar-refractivity contribution >= 4 is 29.3 Å². The fourth-order valence-corrected chi connectivity index (χ4v) is 3.62. The second kappa shape index (κ2) is 9.06. The van der Waals surface area contributed by atoms with E-state index in [-0.39, 0.29) is 11.9 Å². The first-order valence-electron chi connectivity index (χ1n) is 8.63. The van der Waals surface area contributed by atoms with Crippen LogP contribution >= 0.6 is 23.4 Å². The molecule has 0 radical (unpaired) electrons. The molecule has 0 aliphatic carbocycles. The summed E-state index contributed by atoms with van der Waals surface area (Å²) in [5.41, 5.74) is 2.02. The summed E-state index contributed by atoms with van der Waals surface area (Å²) in [7, 11) is 1.85. The maximum Gasteiger partial charge on any atom is 0.223 e. The maximum atomic E-state index is 12.5. The van der Waals surface area contributed by atoms with Gasteiger partial charge in [0.15, 0.2) is 0 Å². The molecule has 2 aromatic carbocycles. The minimum atomic E-state index is 0.00262. The summed E-state index contributed by atoms with van der Waals surface area (Å²) in [6.07, 6.45) is 3.66. The fourth-order valence-electron chi connectivity index (χ4n) is 2.65. The quantitative estimate of drug-likeness (QED) is 0.543. The van der Waals surface area contributed by atoms with Crippen molar-refractivity contribution in [2.45, 2.75) is 24.3 Å². The molecule has 0 bridgehead atoms. The minimum absolute atomic E-state index is 0.00262. The number of carbonyl (C=O) groups is 1. The lowest BCUT2D eigenvalue weighted by molar-refractivity contribution is -0.131. The first-order valence-corrected chi connectivity index (χ1v) is 10.00. The Labute approximate surface area is 168 Å². The summed E-state index contributed by atoms with van der Waals surface area (Å²) in [5.74, 6) is 0.868. The molecule has 5 nitrogen and oxygen atoms in total. The fraction of sp³-hybridized carbons (Fsp3) is 0.250. The van der Waals surface area contributed by atoms with E-state index in [4.69, 9.17) is 11.6 Å². The van der Waals surface area contributed by atoms with Gasteiger partial charge in [0, 0.05) is 29.1 Å². The second-order valence-electron chi connectivity index (χ2n) is 6.16. The third kappa shape index (κ3) is 5.11. The Balaban J connectivity index is 1.53. The summed E-state index contributed by atoms with van der Waals surface area (Å²) < 4.78 is 1.71. The molecule has 1 atom stereocenters. The largest absolute Gasteiger partial charge is 0.339 e. The van der Waals surface area contributed by atoms with Gasteiger partial charge in [0.2, 0.25) is 5.91 Å². The molecule has 7 heteroatoms. The highest BCUT2D eigenvalue weighted by atomic mass is 35.5. The average molecular weight is 401 g/mol. The van der Waals surface area contributed by atoms with Crippen molar-refractivity contribution < 1.29 is 4.79 Å². The van der Waals surface area contributed by atoms with Crippen LogP contribution < -0.4 is 0 Å². The van der Waals surface area contributed by atoms with Crippen molar-refractivity contribution in [2.75, 3.05) is 12.8 Å². The highest BCUT2D eigenvalue weighted by Gasteiger charge is 2.17. The van der Waals surface area contributed by atoms with Crippen LogP contribution in [-0.2, 0) is 4.79 Å². The molecule has 3 aromatic rings. The van der Waals surface area contributed by atoms with Gasteiger partial charge in [-0.15, -0.1) is 11.8 Å². The molecule has 0 aliphatic heterocycles. The number of nitrogens with zero attached hydrogens (tertiary/aromatic N) is 4. The van der Waals surface area contributed by atoms with E-state index in [2.05, 4.69) is 10.1 Å². The number of halogens is 1. The Morgan fingerprint density at radius 1 is 1.19 bits per heavy atom. The Morgan fingerprint density at radius 2 is 1.89 bits per heavy atom. The number of amides is 1. The van der Waals surface area contributed by atoms with E-state index < -0.39 is 0 Å². The zero-order valence-electron chi connectivity index (χ0n) is 15.2. The average Bonchev–Trinajstić information content (AvgIpc) is 3.23. The van der Waals surface area contributed by atoms with Gasteiger partial charge in [-0.2, -0.15) is 5.10 Å². The van der Waals surface area contributed by atoms with Crippen LogP contribution in [0.5, 0.6) is 0 Å². The molecule has 0 fully saturated rings. The number of carbonyl (C=O) groups excluding carboxylic acids is 1. The van der Waals surface area contributed by atoms with E-state index in [0.29, 0.717) is 6.42 Å². The van der Waals surface area contributed by atoms with E-state index in [1.54, 1.807) is 27.7 Å². The lowest BCUT2D eigenvalue weighted by Crippen LogP contribution is -2.29. The number of hydrogen-bond donors (Lipinski definition) is 0. The van der Waals surface area contributed by atoms with E-state index in [9.17, 15) is 4.79 Å². The third-order valence-corrected chi connectivity index (χ3v) is 5.70. The number of aromatic nitrogens is 3. The van der Waals surface area contributed by atoms with Crippen LogP contribution in [0.2, 0.25) is 5.02 Å². The summed E-state index contributed by atoms with van der Waals surface area (Å²) in [5, 5.41) is 4.84. The van der Waals surface area contributed by atoms with Gasteiger partial charge in [-0.05, 0) is 48.9 Å². The molecule has 3 rings (SSSR count). The first kappa shape index (κ1) is 19.5. The third-order valence-electron chi connectivity index (χ3n) is 4.43. The van der Waals surface area contributed by atoms with E-state index in [1.807, 2.05) is 62.5 Å². The van der Waals surface area contributed by atoms with Crippen molar-refractivity contribution in [1.82, 2.24) is 19.7 Å². The van der Waals surface area contributed by atoms with Crippen molar-refractivity contribution in [2.24, 2.45) is 0 Å². The lowest BCUT2D eigenvalue weighted by atomic mass is 10.1. The predicted octanol–water partition coefficient (Wildman–Crippen LogP) is 4.62. The molecule has 1 amide bonds. The van der Waals surface area contributed by atoms with E-state index >= 15 is 0 Å². The van der Waals surface area contributed by atoms with Crippen molar-refractivity contribution in [3.63, 3.8) is 0 Å². The molecule has 0 aliphatic rings. The highest BCUT2D eigenvalue weighted by molar-refractivity contribution is 7.99. The van der Waals surface area contributed by atoms with Gasteiger partial charge >= 0.3 is 0 Å². The van der Waals surface area contributed by atoms with Crippen LogP contribution in [0, 0.1) is 0 Å². The van der Waals surface area contributed by atoms with Gasteiger partial charge in [0.05, 0.1) is 11.7 Å². The molecule has 0 unspecified atom stereocenters. The maximum absolute atomic E-state index is 12.5. The normalized spacial score (nSPS) is 12.0. The minimum Gasteiger partial charge on any atom is -0.339 e. The Bertz CT molecular complexity index is 866. The highest BCUT2D eigenvalue weighted by Crippen LogP contribution is 2.24. The van der Waals surface area contributed by atoms with E-state index in [0.717, 1.165) is 26.9 Å². The van der Waals surface area contributed by atoms with Gasteiger partial charge in [-0.1, -0.05) is 23.7 Å². The van der Waals surface area contributed by atoms with Crippen LogP contribution in [0.4, 0.5) is 0 Å². The zero-order valence-corrected chi connectivity index (χ0v) is 16.8. The topological polar surface area (TPSA) is 51.0 Å². The molecule has 140 valence electrons. The number of rotatable bonds is 7. The number of benzene rings is 2. The molecular weight excluding hydrogens is 380 g/mol. The summed E-state index contributed by atoms with van der Waals surface area (Å²) in [6.45, 7) is 2.04. The van der Waals surface area contributed by atoms with Crippen molar-refractivity contribution in [1.29, 1.82) is 0 Å². The van der Waals surface area contributed by atoms with Crippen LogP contribution in [0.25, 0.3) is 5.69 Å². The molecule has 27 heavy (non-hydrogen) atoms. The van der Waals surface area contributed by atoms with Crippen molar-refractivity contribution in [3.8, 4) is 5.69 Å². The second-order valence-corrected chi connectivity index (χ2v) is 7.77. The number of thioether (sulfide) groups is 1. The van der Waals surface area contributed by atoms with Gasteiger partial charge in [-0.3, -0.25) is 4.79 Å². The van der Waals surface area contributed by atoms with Gasteiger partial charge in [-0.25, -0.2) is 9.67 Å². The summed E-state index contributed by atoms with van der Waals surface area (Å²) in [6, 6.07) is 15.7. The smallest absolute Gasteiger partial charge is 0.223 e.